The Hall–Kier alpha value is -2.18. The Morgan fingerprint density at radius 2 is 2.10 bits per heavy atom. The van der Waals surface area contributed by atoms with Gasteiger partial charge in [-0.2, -0.15) is 0 Å². The molecule has 0 aromatic heterocycles. The van der Waals surface area contributed by atoms with Gasteiger partial charge < -0.3 is 9.80 Å². The SMILES string of the molecule is O=C1CCC2CN(c3cc(F)cc([N+](=O)[O-])c3)CCN12. The van der Waals surface area contributed by atoms with Crippen LogP contribution in [-0.4, -0.2) is 41.4 Å². The van der Waals surface area contributed by atoms with E-state index in [0.29, 0.717) is 31.7 Å². The number of nitrogens with zero attached hydrogens (tertiary/aromatic N) is 3. The van der Waals surface area contributed by atoms with E-state index < -0.39 is 10.7 Å². The molecule has 0 bridgehead atoms. The zero-order valence-electron chi connectivity index (χ0n) is 10.8. The lowest BCUT2D eigenvalue weighted by Crippen LogP contribution is -2.51. The third-order valence-corrected chi connectivity index (χ3v) is 3.94. The summed E-state index contributed by atoms with van der Waals surface area (Å²) in [4.78, 5) is 25.6. The third-order valence-electron chi connectivity index (χ3n) is 3.94. The van der Waals surface area contributed by atoms with Crippen molar-refractivity contribution in [3.05, 3.63) is 34.1 Å². The molecule has 0 N–H and O–H groups in total. The number of hydrogen-bond donors (Lipinski definition) is 0. The van der Waals surface area contributed by atoms with Gasteiger partial charge in [0.05, 0.1) is 11.0 Å². The smallest absolute Gasteiger partial charge is 0.274 e. The highest BCUT2D eigenvalue weighted by Crippen LogP contribution is 2.29. The molecule has 3 rings (SSSR count). The molecule has 1 aromatic carbocycles. The molecule has 0 saturated carbocycles. The number of fused-ring (bicyclic) bond motifs is 1. The first kappa shape index (κ1) is 12.8. The van der Waals surface area contributed by atoms with Crippen LogP contribution in [0.3, 0.4) is 0 Å². The highest BCUT2D eigenvalue weighted by atomic mass is 19.1. The lowest BCUT2D eigenvalue weighted by Gasteiger charge is -2.38. The molecular weight excluding hydrogens is 265 g/mol. The van der Waals surface area contributed by atoms with Crippen molar-refractivity contribution in [2.75, 3.05) is 24.5 Å². The predicted molar refractivity (Wildman–Crippen MR) is 70.0 cm³/mol. The normalized spacial score (nSPS) is 22.1. The Morgan fingerprint density at radius 1 is 1.30 bits per heavy atom. The molecule has 1 atom stereocenters. The largest absolute Gasteiger partial charge is 0.367 e. The van der Waals surface area contributed by atoms with Crippen LogP contribution in [0.1, 0.15) is 12.8 Å². The molecule has 106 valence electrons. The molecule has 2 aliphatic heterocycles. The summed E-state index contributed by atoms with van der Waals surface area (Å²) in [5, 5.41) is 10.8. The van der Waals surface area contributed by atoms with E-state index in [0.717, 1.165) is 12.5 Å². The van der Waals surface area contributed by atoms with Crippen LogP contribution in [0.4, 0.5) is 15.8 Å². The van der Waals surface area contributed by atoms with Gasteiger partial charge in [-0.3, -0.25) is 14.9 Å². The van der Waals surface area contributed by atoms with Crippen LogP contribution in [0.15, 0.2) is 18.2 Å². The maximum absolute atomic E-state index is 13.5. The first-order valence-electron chi connectivity index (χ1n) is 6.54. The van der Waals surface area contributed by atoms with Crippen LogP contribution in [0.5, 0.6) is 0 Å². The van der Waals surface area contributed by atoms with Gasteiger partial charge in [0.15, 0.2) is 0 Å². The number of rotatable bonds is 2. The monoisotopic (exact) mass is 279 g/mol. The average molecular weight is 279 g/mol. The van der Waals surface area contributed by atoms with E-state index in [1.807, 2.05) is 9.80 Å². The predicted octanol–water partition coefficient (Wildman–Crippen LogP) is 1.54. The topological polar surface area (TPSA) is 66.7 Å². The summed E-state index contributed by atoms with van der Waals surface area (Å²) in [6.07, 6.45) is 1.36. The van der Waals surface area contributed by atoms with Crippen LogP contribution in [-0.2, 0) is 4.79 Å². The van der Waals surface area contributed by atoms with Crippen molar-refractivity contribution in [1.82, 2.24) is 4.90 Å². The summed E-state index contributed by atoms with van der Waals surface area (Å²) in [5.41, 5.74) is 0.264. The lowest BCUT2D eigenvalue weighted by molar-refractivity contribution is -0.385. The fraction of sp³-hybridized carbons (Fsp3) is 0.462. The molecule has 0 spiro atoms. The number of carbonyl (C=O) groups excluding carboxylic acids is 1. The number of benzene rings is 1. The number of anilines is 1. The fourth-order valence-corrected chi connectivity index (χ4v) is 2.95. The number of nitro benzene ring substituents is 1. The second-order valence-corrected chi connectivity index (χ2v) is 5.15. The van der Waals surface area contributed by atoms with Crippen molar-refractivity contribution in [2.24, 2.45) is 0 Å². The van der Waals surface area contributed by atoms with Gasteiger partial charge in [-0.05, 0) is 12.5 Å². The molecule has 0 aliphatic carbocycles. The zero-order valence-corrected chi connectivity index (χ0v) is 10.8. The average Bonchev–Trinajstić information content (AvgIpc) is 2.79. The molecule has 2 saturated heterocycles. The van der Waals surface area contributed by atoms with Gasteiger partial charge in [0.25, 0.3) is 5.69 Å². The summed E-state index contributed by atoms with van der Waals surface area (Å²) in [6.45, 7) is 1.77. The molecule has 6 nitrogen and oxygen atoms in total. The number of non-ortho nitro benzene ring substituents is 1. The van der Waals surface area contributed by atoms with E-state index >= 15 is 0 Å². The fourth-order valence-electron chi connectivity index (χ4n) is 2.95. The van der Waals surface area contributed by atoms with E-state index in [1.54, 1.807) is 0 Å². The number of amides is 1. The van der Waals surface area contributed by atoms with Crippen LogP contribution in [0, 0.1) is 15.9 Å². The molecule has 1 aromatic rings. The molecule has 2 aliphatic rings. The Labute approximate surface area is 114 Å². The summed E-state index contributed by atoms with van der Waals surface area (Å²) in [7, 11) is 0. The van der Waals surface area contributed by atoms with E-state index in [-0.39, 0.29) is 17.6 Å². The first-order valence-corrected chi connectivity index (χ1v) is 6.54. The van der Waals surface area contributed by atoms with E-state index in [1.165, 1.54) is 12.1 Å². The minimum atomic E-state index is -0.612. The van der Waals surface area contributed by atoms with Gasteiger partial charge >= 0.3 is 0 Å². The Kier molecular flexibility index (Phi) is 3.04. The quantitative estimate of drug-likeness (QED) is 0.608. The maximum Gasteiger partial charge on any atom is 0.274 e. The molecule has 2 heterocycles. The molecule has 7 heteroatoms. The molecule has 0 radical (unpaired) electrons. The number of hydrogen-bond acceptors (Lipinski definition) is 4. The number of halogens is 1. The summed E-state index contributed by atoms with van der Waals surface area (Å²) in [5.74, 6) is -0.445. The summed E-state index contributed by atoms with van der Waals surface area (Å²) < 4.78 is 13.5. The summed E-state index contributed by atoms with van der Waals surface area (Å²) in [6, 6.07) is 3.74. The molecule has 20 heavy (non-hydrogen) atoms. The van der Waals surface area contributed by atoms with Crippen LogP contribution < -0.4 is 4.90 Å². The number of piperazine rings is 1. The molecule has 1 unspecified atom stereocenters. The minimum Gasteiger partial charge on any atom is -0.367 e. The Morgan fingerprint density at radius 3 is 2.85 bits per heavy atom. The molecular formula is C13H14FN3O3. The van der Waals surface area contributed by atoms with Crippen molar-refractivity contribution in [1.29, 1.82) is 0 Å². The van der Waals surface area contributed by atoms with Crippen molar-refractivity contribution >= 4 is 17.3 Å². The van der Waals surface area contributed by atoms with Gasteiger partial charge in [-0.15, -0.1) is 0 Å². The van der Waals surface area contributed by atoms with Crippen molar-refractivity contribution < 1.29 is 14.1 Å². The van der Waals surface area contributed by atoms with Gasteiger partial charge in [0.2, 0.25) is 5.91 Å². The van der Waals surface area contributed by atoms with E-state index in [9.17, 15) is 19.3 Å². The Balaban J connectivity index is 1.83. The van der Waals surface area contributed by atoms with E-state index in [4.69, 9.17) is 0 Å². The van der Waals surface area contributed by atoms with Gasteiger partial charge in [-0.1, -0.05) is 0 Å². The lowest BCUT2D eigenvalue weighted by atomic mass is 10.1. The highest BCUT2D eigenvalue weighted by molar-refractivity contribution is 5.79. The van der Waals surface area contributed by atoms with Gasteiger partial charge in [0, 0.05) is 43.9 Å². The first-order chi connectivity index (χ1) is 9.54. The number of carbonyl (C=O) groups is 1. The van der Waals surface area contributed by atoms with Crippen molar-refractivity contribution in [2.45, 2.75) is 18.9 Å². The van der Waals surface area contributed by atoms with Crippen molar-refractivity contribution in [3.63, 3.8) is 0 Å². The molecule has 1 amide bonds. The minimum absolute atomic E-state index is 0.138. The van der Waals surface area contributed by atoms with Gasteiger partial charge in [-0.25, -0.2) is 4.39 Å². The van der Waals surface area contributed by atoms with E-state index in [2.05, 4.69) is 0 Å². The zero-order chi connectivity index (χ0) is 14.3. The third kappa shape index (κ3) is 2.19. The van der Waals surface area contributed by atoms with Crippen LogP contribution in [0.2, 0.25) is 0 Å². The highest BCUT2D eigenvalue weighted by Gasteiger charge is 2.35. The maximum atomic E-state index is 13.5. The van der Waals surface area contributed by atoms with Crippen molar-refractivity contribution in [3.8, 4) is 0 Å². The Bertz CT molecular complexity index is 578. The second-order valence-electron chi connectivity index (χ2n) is 5.15. The standard InChI is InChI=1S/C13H14FN3O3/c14-9-5-11(7-12(6-9)17(19)20)15-3-4-16-10(8-15)1-2-13(16)18/h5-7,10H,1-4,8H2. The number of nitro groups is 1. The summed E-state index contributed by atoms with van der Waals surface area (Å²) >= 11 is 0. The van der Waals surface area contributed by atoms with Crippen LogP contribution in [0.25, 0.3) is 0 Å². The van der Waals surface area contributed by atoms with Crippen LogP contribution >= 0.6 is 0 Å². The van der Waals surface area contributed by atoms with Gasteiger partial charge in [0.1, 0.15) is 5.82 Å². The molecule has 2 fully saturated rings. The second kappa shape index (κ2) is 4.73.